The lowest BCUT2D eigenvalue weighted by Crippen LogP contribution is -2.22. The zero-order valence-corrected chi connectivity index (χ0v) is 12.6. The molecular formula is C16H18N4O. The monoisotopic (exact) mass is 282 g/mol. The average Bonchev–Trinajstić information content (AvgIpc) is 2.75. The third-order valence-corrected chi connectivity index (χ3v) is 3.97. The van der Waals surface area contributed by atoms with Crippen molar-refractivity contribution in [3.63, 3.8) is 0 Å². The summed E-state index contributed by atoms with van der Waals surface area (Å²) in [5.41, 5.74) is 5.80. The Balaban J connectivity index is 2.04. The highest BCUT2D eigenvalue weighted by Gasteiger charge is 2.08. The van der Waals surface area contributed by atoms with Gasteiger partial charge in [-0.05, 0) is 44.5 Å². The molecule has 3 rings (SSSR count). The van der Waals surface area contributed by atoms with Gasteiger partial charge in [-0.1, -0.05) is 0 Å². The van der Waals surface area contributed by atoms with Gasteiger partial charge in [-0.15, -0.1) is 0 Å². The van der Waals surface area contributed by atoms with E-state index < -0.39 is 0 Å². The van der Waals surface area contributed by atoms with E-state index in [-0.39, 0.29) is 5.56 Å². The molecule has 2 N–H and O–H groups in total. The highest BCUT2D eigenvalue weighted by Crippen LogP contribution is 2.26. The fourth-order valence-electron chi connectivity index (χ4n) is 2.47. The second kappa shape index (κ2) is 4.77. The van der Waals surface area contributed by atoms with Gasteiger partial charge in [0.2, 0.25) is 0 Å². The fraction of sp³-hybridized carbons (Fsp3) is 0.250. The molecule has 0 bridgehead atoms. The molecule has 0 aliphatic carbocycles. The number of nitrogens with zero attached hydrogens (tertiary/aromatic N) is 2. The van der Waals surface area contributed by atoms with Crippen molar-refractivity contribution in [3.05, 3.63) is 51.6 Å². The van der Waals surface area contributed by atoms with Gasteiger partial charge < -0.3 is 10.3 Å². The van der Waals surface area contributed by atoms with E-state index in [0.717, 1.165) is 16.9 Å². The lowest BCUT2D eigenvalue weighted by atomic mass is 10.1. The minimum atomic E-state index is -0.0882. The molecule has 0 aliphatic heterocycles. The molecule has 0 radical (unpaired) electrons. The summed E-state index contributed by atoms with van der Waals surface area (Å²) in [6.07, 6.45) is 1.68. The van der Waals surface area contributed by atoms with Gasteiger partial charge in [0.25, 0.3) is 5.56 Å². The van der Waals surface area contributed by atoms with Crippen molar-refractivity contribution in [1.82, 2.24) is 14.8 Å². The van der Waals surface area contributed by atoms with Crippen LogP contribution in [0.4, 0.5) is 11.4 Å². The van der Waals surface area contributed by atoms with Crippen LogP contribution in [-0.2, 0) is 7.05 Å². The van der Waals surface area contributed by atoms with Crippen LogP contribution in [-0.4, -0.2) is 14.8 Å². The molecule has 5 nitrogen and oxygen atoms in total. The molecule has 0 aliphatic rings. The topological polar surface area (TPSA) is 62.7 Å². The Bertz CT molecular complexity index is 889. The number of H-pyrrole nitrogens is 1. The molecule has 0 unspecified atom stereocenters. The van der Waals surface area contributed by atoms with Gasteiger partial charge in [-0.2, -0.15) is 5.10 Å². The number of fused-ring (bicyclic) bond motifs is 1. The quantitative estimate of drug-likeness (QED) is 0.759. The fourth-order valence-corrected chi connectivity index (χ4v) is 2.47. The number of aromatic amines is 1. The SMILES string of the molecule is Cc1[nH]c2ccc(Nc3cnn(C)c(=O)c3C)cc2c1C. The van der Waals surface area contributed by atoms with Gasteiger partial charge in [0.15, 0.2) is 0 Å². The highest BCUT2D eigenvalue weighted by atomic mass is 16.1. The minimum absolute atomic E-state index is 0.0882. The first-order valence-electron chi connectivity index (χ1n) is 6.86. The molecule has 0 saturated carbocycles. The number of aromatic nitrogens is 3. The Morgan fingerprint density at radius 2 is 1.95 bits per heavy atom. The normalized spacial score (nSPS) is 11.0. The Morgan fingerprint density at radius 1 is 1.19 bits per heavy atom. The Hall–Kier alpha value is -2.56. The second-order valence-electron chi connectivity index (χ2n) is 5.37. The van der Waals surface area contributed by atoms with Crippen LogP contribution in [0.15, 0.2) is 29.2 Å². The average molecular weight is 282 g/mol. The van der Waals surface area contributed by atoms with Crippen LogP contribution in [0.3, 0.4) is 0 Å². The molecule has 0 atom stereocenters. The third-order valence-electron chi connectivity index (χ3n) is 3.97. The summed E-state index contributed by atoms with van der Waals surface area (Å²) >= 11 is 0. The maximum Gasteiger partial charge on any atom is 0.271 e. The van der Waals surface area contributed by atoms with E-state index in [1.165, 1.54) is 21.3 Å². The maximum absolute atomic E-state index is 11.9. The zero-order valence-electron chi connectivity index (χ0n) is 12.6. The number of anilines is 2. The van der Waals surface area contributed by atoms with E-state index >= 15 is 0 Å². The largest absolute Gasteiger partial charge is 0.358 e. The van der Waals surface area contributed by atoms with Gasteiger partial charge in [0.1, 0.15) is 0 Å². The van der Waals surface area contributed by atoms with Crippen molar-refractivity contribution in [2.45, 2.75) is 20.8 Å². The number of aryl methyl sites for hydroxylation is 3. The molecule has 2 aromatic heterocycles. The molecule has 0 amide bonds. The summed E-state index contributed by atoms with van der Waals surface area (Å²) in [5, 5.41) is 8.52. The minimum Gasteiger partial charge on any atom is -0.358 e. The zero-order chi connectivity index (χ0) is 15.1. The summed E-state index contributed by atoms with van der Waals surface area (Å²) in [7, 11) is 1.65. The molecule has 0 spiro atoms. The van der Waals surface area contributed by atoms with Crippen LogP contribution in [0.2, 0.25) is 0 Å². The van der Waals surface area contributed by atoms with E-state index in [0.29, 0.717) is 5.56 Å². The number of rotatable bonds is 2. The van der Waals surface area contributed by atoms with E-state index in [1.54, 1.807) is 20.2 Å². The van der Waals surface area contributed by atoms with Gasteiger partial charge in [-0.25, -0.2) is 4.68 Å². The highest BCUT2D eigenvalue weighted by molar-refractivity contribution is 5.88. The van der Waals surface area contributed by atoms with Gasteiger partial charge in [0, 0.05) is 34.9 Å². The standard InChI is InChI=1S/C16H18N4O/c1-9-11(3)18-14-6-5-12(7-13(9)14)19-15-8-17-20(4)16(21)10(15)2/h5-8,18-19H,1-4H3. The molecule has 108 valence electrons. The summed E-state index contributed by atoms with van der Waals surface area (Å²) in [6.45, 7) is 5.97. The maximum atomic E-state index is 11.9. The van der Waals surface area contributed by atoms with Crippen LogP contribution in [0.5, 0.6) is 0 Å². The first-order chi connectivity index (χ1) is 9.97. The third kappa shape index (κ3) is 2.20. The Labute approximate surface area is 122 Å². The number of hydrogen-bond donors (Lipinski definition) is 2. The second-order valence-corrected chi connectivity index (χ2v) is 5.37. The van der Waals surface area contributed by atoms with Crippen LogP contribution >= 0.6 is 0 Å². The van der Waals surface area contributed by atoms with E-state index in [1.807, 2.05) is 12.1 Å². The smallest absolute Gasteiger partial charge is 0.271 e. The van der Waals surface area contributed by atoms with Gasteiger partial charge in [-0.3, -0.25) is 4.79 Å². The molecular weight excluding hydrogens is 264 g/mol. The van der Waals surface area contributed by atoms with Crippen molar-refractivity contribution in [2.75, 3.05) is 5.32 Å². The van der Waals surface area contributed by atoms with Crippen molar-refractivity contribution < 1.29 is 0 Å². The number of nitrogens with one attached hydrogen (secondary N) is 2. The molecule has 3 aromatic rings. The van der Waals surface area contributed by atoms with Gasteiger partial charge >= 0.3 is 0 Å². The molecule has 2 heterocycles. The van der Waals surface area contributed by atoms with Crippen molar-refractivity contribution in [1.29, 1.82) is 0 Å². The van der Waals surface area contributed by atoms with Gasteiger partial charge in [0.05, 0.1) is 11.9 Å². The number of hydrogen-bond acceptors (Lipinski definition) is 3. The van der Waals surface area contributed by atoms with Crippen molar-refractivity contribution >= 4 is 22.3 Å². The Kier molecular flexibility index (Phi) is 3.05. The summed E-state index contributed by atoms with van der Waals surface area (Å²) < 4.78 is 1.34. The lowest BCUT2D eigenvalue weighted by molar-refractivity contribution is 0.702. The predicted octanol–water partition coefficient (Wildman–Crippen LogP) is 2.93. The van der Waals surface area contributed by atoms with Crippen LogP contribution in [0, 0.1) is 20.8 Å². The molecule has 0 saturated heterocycles. The van der Waals surface area contributed by atoms with Crippen LogP contribution < -0.4 is 10.9 Å². The van der Waals surface area contributed by atoms with Crippen molar-refractivity contribution in [3.8, 4) is 0 Å². The van der Waals surface area contributed by atoms with E-state index in [4.69, 9.17) is 0 Å². The van der Waals surface area contributed by atoms with E-state index in [2.05, 4.69) is 35.3 Å². The summed E-state index contributed by atoms with van der Waals surface area (Å²) in [6, 6.07) is 6.13. The van der Waals surface area contributed by atoms with Crippen molar-refractivity contribution in [2.24, 2.45) is 7.05 Å². The number of benzene rings is 1. The molecule has 21 heavy (non-hydrogen) atoms. The summed E-state index contributed by atoms with van der Waals surface area (Å²) in [4.78, 5) is 15.3. The molecule has 1 aromatic carbocycles. The van der Waals surface area contributed by atoms with Crippen LogP contribution in [0.1, 0.15) is 16.8 Å². The Morgan fingerprint density at radius 3 is 2.71 bits per heavy atom. The first kappa shape index (κ1) is 13.4. The first-order valence-corrected chi connectivity index (χ1v) is 6.86. The lowest BCUT2D eigenvalue weighted by Gasteiger charge is -2.10. The molecule has 5 heteroatoms. The molecule has 0 fully saturated rings. The summed E-state index contributed by atoms with van der Waals surface area (Å²) in [5.74, 6) is 0. The van der Waals surface area contributed by atoms with E-state index in [9.17, 15) is 4.79 Å². The van der Waals surface area contributed by atoms with Crippen LogP contribution in [0.25, 0.3) is 10.9 Å². The predicted molar refractivity (Wildman–Crippen MR) is 85.3 cm³/mol.